The number of hydrogen-bond acceptors (Lipinski definition) is 1. The van der Waals surface area contributed by atoms with E-state index < -0.39 is 11.6 Å². The van der Waals surface area contributed by atoms with E-state index >= 15 is 0 Å². The van der Waals surface area contributed by atoms with E-state index in [9.17, 15) is 8.78 Å². The van der Waals surface area contributed by atoms with Gasteiger partial charge >= 0.3 is 0 Å². The summed E-state index contributed by atoms with van der Waals surface area (Å²) < 4.78 is 26.2. The van der Waals surface area contributed by atoms with Gasteiger partial charge in [-0.3, -0.25) is 0 Å². The van der Waals surface area contributed by atoms with E-state index in [4.69, 9.17) is 11.6 Å². The second kappa shape index (κ2) is 6.33. The monoisotopic (exact) mass is 295 g/mol. The zero-order chi connectivity index (χ0) is 14.7. The molecule has 20 heavy (non-hydrogen) atoms. The van der Waals surface area contributed by atoms with Crippen molar-refractivity contribution in [1.29, 1.82) is 0 Å². The summed E-state index contributed by atoms with van der Waals surface area (Å²) in [6, 6.07) is 9.72. The molecule has 0 bridgehead atoms. The predicted molar refractivity (Wildman–Crippen MR) is 78.1 cm³/mol. The molecule has 1 atom stereocenters. The van der Waals surface area contributed by atoms with Gasteiger partial charge in [0.05, 0.1) is 0 Å². The molecule has 1 unspecified atom stereocenters. The van der Waals surface area contributed by atoms with E-state index in [1.54, 1.807) is 6.07 Å². The summed E-state index contributed by atoms with van der Waals surface area (Å²) >= 11 is 5.95. The highest BCUT2D eigenvalue weighted by Crippen LogP contribution is 2.24. The van der Waals surface area contributed by atoms with Crippen molar-refractivity contribution in [2.45, 2.75) is 19.4 Å². The predicted octanol–water partition coefficient (Wildman–Crippen LogP) is 4.43. The van der Waals surface area contributed by atoms with Gasteiger partial charge in [-0.25, -0.2) is 8.78 Å². The Bertz CT molecular complexity index is 613. The van der Waals surface area contributed by atoms with Crippen LogP contribution in [0.4, 0.5) is 8.78 Å². The minimum atomic E-state index is -0.822. The molecule has 1 nitrogen and oxygen atoms in total. The quantitative estimate of drug-likeness (QED) is 0.880. The van der Waals surface area contributed by atoms with Gasteiger partial charge in [-0.2, -0.15) is 0 Å². The number of benzene rings is 2. The molecule has 0 aliphatic rings. The average molecular weight is 296 g/mol. The fourth-order valence-corrected chi connectivity index (χ4v) is 2.53. The van der Waals surface area contributed by atoms with E-state index in [2.05, 4.69) is 5.32 Å². The Hall–Kier alpha value is -1.45. The highest BCUT2D eigenvalue weighted by atomic mass is 35.5. The molecule has 0 saturated heterocycles. The molecular weight excluding hydrogens is 280 g/mol. The van der Waals surface area contributed by atoms with E-state index in [1.165, 1.54) is 6.07 Å². The third kappa shape index (κ3) is 3.35. The summed E-state index contributed by atoms with van der Waals surface area (Å²) in [4.78, 5) is 0. The molecule has 1 N–H and O–H groups in total. The molecule has 4 heteroatoms. The van der Waals surface area contributed by atoms with Crippen molar-refractivity contribution in [2.75, 3.05) is 7.05 Å². The Morgan fingerprint density at radius 3 is 2.45 bits per heavy atom. The molecule has 106 valence electrons. The fourth-order valence-electron chi connectivity index (χ4n) is 2.30. The minimum Gasteiger partial charge on any atom is -0.313 e. The van der Waals surface area contributed by atoms with Gasteiger partial charge in [0, 0.05) is 11.1 Å². The number of hydrogen-bond donors (Lipinski definition) is 1. The van der Waals surface area contributed by atoms with E-state index in [-0.39, 0.29) is 6.04 Å². The van der Waals surface area contributed by atoms with Crippen molar-refractivity contribution in [3.63, 3.8) is 0 Å². The van der Waals surface area contributed by atoms with Gasteiger partial charge in [-0.1, -0.05) is 23.7 Å². The van der Waals surface area contributed by atoms with Crippen LogP contribution in [0.3, 0.4) is 0 Å². The third-order valence-electron chi connectivity index (χ3n) is 3.38. The Morgan fingerprint density at radius 1 is 1.10 bits per heavy atom. The Morgan fingerprint density at radius 2 is 1.85 bits per heavy atom. The maximum absolute atomic E-state index is 13.3. The molecule has 0 amide bonds. The first-order valence-corrected chi connectivity index (χ1v) is 6.76. The Kier molecular flexibility index (Phi) is 4.73. The molecule has 0 saturated carbocycles. The molecular formula is C16H16ClF2N. The number of halogens is 3. The lowest BCUT2D eigenvalue weighted by Crippen LogP contribution is -2.20. The van der Waals surface area contributed by atoms with Crippen molar-refractivity contribution in [1.82, 2.24) is 5.32 Å². The van der Waals surface area contributed by atoms with Crippen LogP contribution in [0.15, 0.2) is 36.4 Å². The summed E-state index contributed by atoms with van der Waals surface area (Å²) in [6.07, 6.45) is 0.580. The second-order valence-corrected chi connectivity index (χ2v) is 5.23. The van der Waals surface area contributed by atoms with Gasteiger partial charge in [0.1, 0.15) is 0 Å². The van der Waals surface area contributed by atoms with Crippen LogP contribution < -0.4 is 5.32 Å². The van der Waals surface area contributed by atoms with Crippen molar-refractivity contribution in [3.8, 4) is 0 Å². The van der Waals surface area contributed by atoms with Gasteiger partial charge in [-0.05, 0) is 61.3 Å². The first-order valence-electron chi connectivity index (χ1n) is 6.38. The molecule has 0 heterocycles. The molecule has 2 aromatic rings. The largest absolute Gasteiger partial charge is 0.313 e. The highest BCUT2D eigenvalue weighted by molar-refractivity contribution is 6.30. The Balaban J connectivity index is 2.26. The first-order chi connectivity index (χ1) is 9.51. The number of nitrogens with one attached hydrogen (secondary N) is 1. The van der Waals surface area contributed by atoms with Crippen LogP contribution >= 0.6 is 11.6 Å². The summed E-state index contributed by atoms with van der Waals surface area (Å²) in [6.45, 7) is 1.98. The molecule has 0 fully saturated rings. The van der Waals surface area contributed by atoms with Crippen LogP contribution in [0.5, 0.6) is 0 Å². The number of likely N-dealkylation sites (N-methyl/N-ethyl adjacent to an activating group) is 1. The lowest BCUT2D eigenvalue weighted by Gasteiger charge is -2.19. The van der Waals surface area contributed by atoms with Crippen LogP contribution in [-0.2, 0) is 6.42 Å². The molecule has 2 aromatic carbocycles. The van der Waals surface area contributed by atoms with Gasteiger partial charge in [0.15, 0.2) is 11.6 Å². The molecule has 0 spiro atoms. The lowest BCUT2D eigenvalue weighted by atomic mass is 9.95. The van der Waals surface area contributed by atoms with Crippen molar-refractivity contribution < 1.29 is 8.78 Å². The lowest BCUT2D eigenvalue weighted by molar-refractivity contribution is 0.504. The van der Waals surface area contributed by atoms with Crippen molar-refractivity contribution >= 4 is 11.6 Å². The fraction of sp³-hybridized carbons (Fsp3) is 0.250. The average Bonchev–Trinajstić information content (AvgIpc) is 2.41. The van der Waals surface area contributed by atoms with Crippen LogP contribution in [0.2, 0.25) is 5.02 Å². The van der Waals surface area contributed by atoms with Crippen molar-refractivity contribution in [3.05, 3.63) is 69.7 Å². The second-order valence-electron chi connectivity index (χ2n) is 4.79. The van der Waals surface area contributed by atoms with Crippen LogP contribution in [0.1, 0.15) is 22.7 Å². The number of aryl methyl sites for hydroxylation is 1. The smallest absolute Gasteiger partial charge is 0.159 e. The normalized spacial score (nSPS) is 12.4. The van der Waals surface area contributed by atoms with Gasteiger partial charge in [-0.15, -0.1) is 0 Å². The zero-order valence-corrected chi connectivity index (χ0v) is 12.1. The zero-order valence-electron chi connectivity index (χ0n) is 11.4. The van der Waals surface area contributed by atoms with Gasteiger partial charge in [0.25, 0.3) is 0 Å². The van der Waals surface area contributed by atoms with Crippen LogP contribution in [0.25, 0.3) is 0 Å². The molecule has 2 rings (SSSR count). The molecule has 0 aliphatic heterocycles. The molecule has 0 radical (unpaired) electrons. The summed E-state index contributed by atoms with van der Waals surface area (Å²) in [7, 11) is 1.85. The topological polar surface area (TPSA) is 12.0 Å². The van der Waals surface area contributed by atoms with E-state index in [0.717, 1.165) is 22.8 Å². The van der Waals surface area contributed by atoms with E-state index in [1.807, 2.05) is 32.2 Å². The van der Waals surface area contributed by atoms with Crippen molar-refractivity contribution in [2.24, 2.45) is 0 Å². The molecule has 0 aliphatic carbocycles. The first kappa shape index (κ1) is 14.9. The maximum atomic E-state index is 13.3. The SMILES string of the molecule is CNC(Cc1ccc(F)c(F)c1)c1ccc(Cl)cc1C. The van der Waals surface area contributed by atoms with Crippen LogP contribution in [-0.4, -0.2) is 7.05 Å². The molecule has 0 aromatic heterocycles. The maximum Gasteiger partial charge on any atom is 0.159 e. The summed E-state index contributed by atoms with van der Waals surface area (Å²) in [5.74, 6) is -1.64. The van der Waals surface area contributed by atoms with Gasteiger partial charge in [0.2, 0.25) is 0 Å². The highest BCUT2D eigenvalue weighted by Gasteiger charge is 2.14. The van der Waals surface area contributed by atoms with Crippen LogP contribution in [0, 0.1) is 18.6 Å². The standard InChI is InChI=1S/C16H16ClF2N/c1-10-7-12(17)4-5-13(10)16(20-2)9-11-3-6-14(18)15(19)8-11/h3-8,16,20H,9H2,1-2H3. The number of rotatable bonds is 4. The van der Waals surface area contributed by atoms with E-state index in [0.29, 0.717) is 11.4 Å². The summed E-state index contributed by atoms with van der Waals surface area (Å²) in [5.41, 5.74) is 2.92. The summed E-state index contributed by atoms with van der Waals surface area (Å²) in [5, 5.41) is 3.89. The van der Waals surface area contributed by atoms with Gasteiger partial charge < -0.3 is 5.32 Å². The third-order valence-corrected chi connectivity index (χ3v) is 3.61. The minimum absolute atomic E-state index is 0.0251. The Labute approximate surface area is 122 Å².